The highest BCUT2D eigenvalue weighted by Crippen LogP contribution is 2.19. The zero-order valence-electron chi connectivity index (χ0n) is 12.3. The molecule has 0 bridgehead atoms. The molecule has 0 radical (unpaired) electrons. The number of aromatic nitrogens is 2. The van der Waals surface area contributed by atoms with Gasteiger partial charge in [0.25, 0.3) is 0 Å². The molecule has 0 fully saturated rings. The molecule has 0 saturated heterocycles. The Bertz CT molecular complexity index is 363. The van der Waals surface area contributed by atoms with E-state index in [1.165, 1.54) is 0 Å². The molecule has 4 nitrogen and oxygen atoms in total. The minimum absolute atomic E-state index is 0.371. The van der Waals surface area contributed by atoms with Crippen LogP contribution in [0.25, 0.3) is 0 Å². The van der Waals surface area contributed by atoms with E-state index >= 15 is 0 Å². The fraction of sp³-hybridized carbons (Fsp3) is 0.714. The second-order valence-corrected chi connectivity index (χ2v) is 4.92. The van der Waals surface area contributed by atoms with Crippen LogP contribution in [0, 0.1) is 0 Å². The van der Waals surface area contributed by atoms with Gasteiger partial charge in [-0.2, -0.15) is 0 Å². The molecule has 4 heteroatoms. The Morgan fingerprint density at radius 1 is 1.33 bits per heavy atom. The van der Waals surface area contributed by atoms with Crippen LogP contribution in [0.1, 0.15) is 51.6 Å². The van der Waals surface area contributed by atoms with Gasteiger partial charge in [0.2, 0.25) is 0 Å². The minimum Gasteiger partial charge on any atom is -0.372 e. The Morgan fingerprint density at radius 3 is 2.61 bits per heavy atom. The lowest BCUT2D eigenvalue weighted by molar-refractivity contribution is 0.681. The third-order valence-corrected chi connectivity index (χ3v) is 2.89. The zero-order chi connectivity index (χ0) is 13.5. The van der Waals surface area contributed by atoms with E-state index in [4.69, 9.17) is 4.98 Å². The predicted octanol–water partition coefficient (Wildman–Crippen LogP) is 2.56. The first-order chi connectivity index (χ1) is 8.60. The Balaban J connectivity index is 2.99. The van der Waals surface area contributed by atoms with E-state index < -0.39 is 0 Å². The van der Waals surface area contributed by atoms with Crippen molar-refractivity contribution < 1.29 is 0 Å². The van der Waals surface area contributed by atoms with Crippen molar-refractivity contribution in [3.63, 3.8) is 0 Å². The summed E-state index contributed by atoms with van der Waals surface area (Å²) in [5.74, 6) is 1.30. The number of hydrogen-bond acceptors (Lipinski definition) is 4. The van der Waals surface area contributed by atoms with Crippen LogP contribution in [0.2, 0.25) is 0 Å². The summed E-state index contributed by atoms with van der Waals surface area (Å²) in [7, 11) is 2.10. The highest BCUT2D eigenvalue weighted by Gasteiger charge is 2.12. The standard InChI is InChI=1S/C14H26N4/c1-6-8-18(5)13-10-16-14(11(3)4)17-12(13)9-15-7-2/h10-11,15H,6-9H2,1-5H3. The molecular formula is C14H26N4. The first-order valence-electron chi connectivity index (χ1n) is 6.87. The average molecular weight is 250 g/mol. The fourth-order valence-electron chi connectivity index (χ4n) is 1.85. The summed E-state index contributed by atoms with van der Waals surface area (Å²) in [4.78, 5) is 11.4. The summed E-state index contributed by atoms with van der Waals surface area (Å²) < 4.78 is 0. The summed E-state index contributed by atoms with van der Waals surface area (Å²) in [5.41, 5.74) is 2.24. The molecule has 0 unspecified atom stereocenters. The van der Waals surface area contributed by atoms with Gasteiger partial charge in [-0.3, -0.25) is 0 Å². The third kappa shape index (κ3) is 3.95. The van der Waals surface area contributed by atoms with Crippen LogP contribution in [0.4, 0.5) is 5.69 Å². The van der Waals surface area contributed by atoms with E-state index in [0.717, 1.165) is 43.3 Å². The first-order valence-corrected chi connectivity index (χ1v) is 6.87. The van der Waals surface area contributed by atoms with E-state index in [-0.39, 0.29) is 0 Å². The molecule has 1 heterocycles. The van der Waals surface area contributed by atoms with E-state index in [1.807, 2.05) is 6.20 Å². The van der Waals surface area contributed by atoms with Crippen molar-refractivity contribution >= 4 is 5.69 Å². The Hall–Kier alpha value is -1.16. The number of anilines is 1. The maximum atomic E-state index is 4.70. The van der Waals surface area contributed by atoms with Crippen LogP contribution in [0.3, 0.4) is 0 Å². The quantitative estimate of drug-likeness (QED) is 0.807. The maximum Gasteiger partial charge on any atom is 0.131 e. The van der Waals surface area contributed by atoms with Gasteiger partial charge < -0.3 is 10.2 Å². The maximum absolute atomic E-state index is 4.70. The van der Waals surface area contributed by atoms with E-state index in [1.54, 1.807) is 0 Å². The summed E-state index contributed by atoms with van der Waals surface area (Å²) in [6.45, 7) is 11.3. The lowest BCUT2D eigenvalue weighted by Gasteiger charge is -2.21. The molecule has 1 aromatic rings. The molecular weight excluding hydrogens is 224 g/mol. The highest BCUT2D eigenvalue weighted by molar-refractivity contribution is 5.48. The molecule has 0 atom stereocenters. The SMILES string of the molecule is CCCN(C)c1cnc(C(C)C)nc1CNCC. The smallest absolute Gasteiger partial charge is 0.131 e. The largest absolute Gasteiger partial charge is 0.372 e. The molecule has 1 aromatic heterocycles. The van der Waals surface area contributed by atoms with Gasteiger partial charge in [-0.25, -0.2) is 9.97 Å². The summed E-state index contributed by atoms with van der Waals surface area (Å²) in [5, 5.41) is 3.35. The lowest BCUT2D eigenvalue weighted by atomic mass is 10.2. The van der Waals surface area contributed by atoms with E-state index in [2.05, 4.69) is 49.9 Å². The molecule has 0 aliphatic rings. The Kier molecular flexibility index (Phi) is 6.05. The fourth-order valence-corrected chi connectivity index (χ4v) is 1.85. The highest BCUT2D eigenvalue weighted by atomic mass is 15.1. The third-order valence-electron chi connectivity index (χ3n) is 2.89. The second kappa shape index (κ2) is 7.31. The average Bonchev–Trinajstić information content (AvgIpc) is 2.36. The number of nitrogens with one attached hydrogen (secondary N) is 1. The van der Waals surface area contributed by atoms with Gasteiger partial charge in [0, 0.05) is 26.1 Å². The predicted molar refractivity (Wildman–Crippen MR) is 77.1 cm³/mol. The van der Waals surface area contributed by atoms with Crippen molar-refractivity contribution in [2.45, 2.75) is 46.6 Å². The van der Waals surface area contributed by atoms with Crippen molar-refractivity contribution in [3.8, 4) is 0 Å². The molecule has 0 amide bonds. The van der Waals surface area contributed by atoms with Gasteiger partial charge in [-0.1, -0.05) is 27.7 Å². The van der Waals surface area contributed by atoms with Crippen molar-refractivity contribution in [2.24, 2.45) is 0 Å². The number of nitrogens with zero attached hydrogens (tertiary/aromatic N) is 3. The van der Waals surface area contributed by atoms with Gasteiger partial charge in [0.1, 0.15) is 5.82 Å². The van der Waals surface area contributed by atoms with Crippen LogP contribution >= 0.6 is 0 Å². The first kappa shape index (κ1) is 14.9. The second-order valence-electron chi connectivity index (χ2n) is 4.92. The van der Waals surface area contributed by atoms with Gasteiger partial charge in [-0.05, 0) is 13.0 Å². The molecule has 18 heavy (non-hydrogen) atoms. The molecule has 0 spiro atoms. The van der Waals surface area contributed by atoms with Crippen molar-refractivity contribution in [2.75, 3.05) is 25.0 Å². The molecule has 0 saturated carbocycles. The Labute approximate surface area is 111 Å². The van der Waals surface area contributed by atoms with Crippen LogP contribution in [0.5, 0.6) is 0 Å². The topological polar surface area (TPSA) is 41.1 Å². The zero-order valence-corrected chi connectivity index (χ0v) is 12.3. The number of rotatable bonds is 7. The molecule has 102 valence electrons. The summed E-state index contributed by atoms with van der Waals surface area (Å²) in [6.07, 6.45) is 3.09. The van der Waals surface area contributed by atoms with E-state index in [9.17, 15) is 0 Å². The summed E-state index contributed by atoms with van der Waals surface area (Å²) >= 11 is 0. The van der Waals surface area contributed by atoms with Crippen LogP contribution in [0.15, 0.2) is 6.20 Å². The van der Waals surface area contributed by atoms with Gasteiger partial charge in [-0.15, -0.1) is 0 Å². The Morgan fingerprint density at radius 2 is 2.06 bits per heavy atom. The molecule has 0 aliphatic carbocycles. The minimum atomic E-state index is 0.371. The molecule has 0 aliphatic heterocycles. The molecule has 1 rings (SSSR count). The van der Waals surface area contributed by atoms with E-state index in [0.29, 0.717) is 5.92 Å². The van der Waals surface area contributed by atoms with Crippen molar-refractivity contribution in [1.29, 1.82) is 0 Å². The molecule has 1 N–H and O–H groups in total. The van der Waals surface area contributed by atoms with Gasteiger partial charge in [0.05, 0.1) is 17.6 Å². The lowest BCUT2D eigenvalue weighted by Crippen LogP contribution is -2.23. The normalized spacial score (nSPS) is 11.0. The van der Waals surface area contributed by atoms with Gasteiger partial charge >= 0.3 is 0 Å². The van der Waals surface area contributed by atoms with Crippen LogP contribution in [-0.4, -0.2) is 30.1 Å². The number of hydrogen-bond donors (Lipinski definition) is 1. The summed E-state index contributed by atoms with van der Waals surface area (Å²) in [6, 6.07) is 0. The van der Waals surface area contributed by atoms with Crippen molar-refractivity contribution in [3.05, 3.63) is 17.7 Å². The van der Waals surface area contributed by atoms with Gasteiger partial charge in [0.15, 0.2) is 0 Å². The van der Waals surface area contributed by atoms with Crippen LogP contribution in [-0.2, 0) is 6.54 Å². The van der Waals surface area contributed by atoms with Crippen molar-refractivity contribution in [1.82, 2.24) is 15.3 Å². The molecule has 0 aromatic carbocycles. The monoisotopic (exact) mass is 250 g/mol. The van der Waals surface area contributed by atoms with Crippen LogP contribution < -0.4 is 10.2 Å².